The Morgan fingerprint density at radius 2 is 2.11 bits per heavy atom. The summed E-state index contributed by atoms with van der Waals surface area (Å²) in [5.74, 6) is -0.360. The van der Waals surface area contributed by atoms with Crippen LogP contribution in [0.4, 0.5) is 0 Å². The van der Waals surface area contributed by atoms with Crippen molar-refractivity contribution in [1.82, 2.24) is 4.57 Å². The molecular formula is C14H13NO4. The van der Waals surface area contributed by atoms with Crippen molar-refractivity contribution in [1.29, 1.82) is 0 Å². The molecule has 2 rings (SSSR count). The minimum Gasteiger partial charge on any atom is -0.464 e. The molecule has 98 valence electrons. The van der Waals surface area contributed by atoms with Gasteiger partial charge in [-0.2, -0.15) is 0 Å². The van der Waals surface area contributed by atoms with Gasteiger partial charge in [0.2, 0.25) is 0 Å². The molecule has 0 aliphatic carbocycles. The molecule has 0 saturated carbocycles. The quantitative estimate of drug-likeness (QED) is 0.614. The van der Waals surface area contributed by atoms with Crippen LogP contribution in [0.15, 0.2) is 35.3 Å². The summed E-state index contributed by atoms with van der Waals surface area (Å²) in [6.45, 7) is 1.92. The molecule has 0 fully saturated rings. The van der Waals surface area contributed by atoms with Crippen LogP contribution < -0.4 is 5.43 Å². The summed E-state index contributed by atoms with van der Waals surface area (Å²) in [5, 5.41) is 0.481. The molecule has 0 radical (unpaired) electrons. The largest absolute Gasteiger partial charge is 0.464 e. The summed E-state index contributed by atoms with van der Waals surface area (Å²) in [6.07, 6.45) is 2.03. The third-order valence-electron chi connectivity index (χ3n) is 2.78. The topological polar surface area (TPSA) is 65.4 Å². The number of fused-ring (bicyclic) bond motifs is 1. The van der Waals surface area contributed by atoms with Gasteiger partial charge in [-0.05, 0) is 12.1 Å². The lowest BCUT2D eigenvalue weighted by atomic mass is 10.1. The van der Waals surface area contributed by atoms with Crippen molar-refractivity contribution in [2.45, 2.75) is 13.5 Å². The Morgan fingerprint density at radius 1 is 1.37 bits per heavy atom. The first-order valence-corrected chi connectivity index (χ1v) is 5.84. The van der Waals surface area contributed by atoms with Gasteiger partial charge in [-0.15, -0.1) is 0 Å². The SMILES string of the molecule is CC(=O)OCCn1cc(C=O)c(=O)c2ccccc21. The van der Waals surface area contributed by atoms with Gasteiger partial charge in [0.1, 0.15) is 6.61 Å². The zero-order valence-electron chi connectivity index (χ0n) is 10.5. The number of rotatable bonds is 4. The zero-order chi connectivity index (χ0) is 13.8. The summed E-state index contributed by atoms with van der Waals surface area (Å²) in [7, 11) is 0. The first-order chi connectivity index (χ1) is 9.13. The summed E-state index contributed by atoms with van der Waals surface area (Å²) < 4.78 is 6.61. The molecule has 2 aromatic rings. The summed E-state index contributed by atoms with van der Waals surface area (Å²) in [5.41, 5.74) is 0.529. The maximum atomic E-state index is 12.0. The van der Waals surface area contributed by atoms with Gasteiger partial charge < -0.3 is 9.30 Å². The lowest BCUT2D eigenvalue weighted by Gasteiger charge is -2.11. The molecule has 19 heavy (non-hydrogen) atoms. The number of pyridine rings is 1. The first-order valence-electron chi connectivity index (χ1n) is 5.84. The standard InChI is InChI=1S/C14H13NO4/c1-10(17)19-7-6-15-8-11(9-16)14(18)12-4-2-3-5-13(12)15/h2-5,8-9H,6-7H2,1H3. The Balaban J connectivity index is 2.47. The number of aldehydes is 1. The number of nitrogens with zero attached hydrogens (tertiary/aromatic N) is 1. The highest BCUT2D eigenvalue weighted by atomic mass is 16.5. The van der Waals surface area contributed by atoms with Gasteiger partial charge in [0, 0.05) is 18.5 Å². The number of benzene rings is 1. The Bertz CT molecular complexity index is 687. The van der Waals surface area contributed by atoms with E-state index in [1.165, 1.54) is 13.1 Å². The molecule has 0 amide bonds. The molecule has 5 heteroatoms. The van der Waals surface area contributed by atoms with Gasteiger partial charge in [-0.3, -0.25) is 14.4 Å². The lowest BCUT2D eigenvalue weighted by Crippen LogP contribution is -2.16. The number of para-hydroxylation sites is 1. The van der Waals surface area contributed by atoms with E-state index in [0.29, 0.717) is 23.7 Å². The molecule has 0 atom stereocenters. The maximum absolute atomic E-state index is 12.0. The Kier molecular flexibility index (Phi) is 3.75. The second-order valence-electron chi connectivity index (χ2n) is 4.08. The molecular weight excluding hydrogens is 246 g/mol. The van der Waals surface area contributed by atoms with Crippen LogP contribution in [-0.4, -0.2) is 23.4 Å². The van der Waals surface area contributed by atoms with Crippen LogP contribution in [0.5, 0.6) is 0 Å². The Labute approximate surface area is 109 Å². The van der Waals surface area contributed by atoms with Crippen LogP contribution in [0, 0.1) is 0 Å². The van der Waals surface area contributed by atoms with E-state index in [4.69, 9.17) is 4.74 Å². The summed E-state index contributed by atoms with van der Waals surface area (Å²) in [4.78, 5) is 33.6. The first kappa shape index (κ1) is 13.0. The molecule has 1 aromatic carbocycles. The van der Waals surface area contributed by atoms with Crippen LogP contribution in [0.2, 0.25) is 0 Å². The molecule has 0 saturated heterocycles. The predicted octanol–water partition coefficient (Wildman–Crippen LogP) is 1.38. The minimum atomic E-state index is -0.360. The average Bonchev–Trinajstić information content (AvgIpc) is 2.41. The van der Waals surface area contributed by atoms with Crippen LogP contribution in [-0.2, 0) is 16.1 Å². The summed E-state index contributed by atoms with van der Waals surface area (Å²) in [6, 6.07) is 7.02. The van der Waals surface area contributed by atoms with Crippen molar-refractivity contribution in [2.24, 2.45) is 0 Å². The molecule has 0 N–H and O–H groups in total. The zero-order valence-corrected chi connectivity index (χ0v) is 10.5. The number of hydrogen-bond donors (Lipinski definition) is 0. The molecule has 0 bridgehead atoms. The number of hydrogen-bond acceptors (Lipinski definition) is 4. The van der Waals surface area contributed by atoms with Crippen LogP contribution in [0.1, 0.15) is 17.3 Å². The van der Waals surface area contributed by atoms with Crippen LogP contribution >= 0.6 is 0 Å². The average molecular weight is 259 g/mol. The third-order valence-corrected chi connectivity index (χ3v) is 2.78. The second kappa shape index (κ2) is 5.48. The van der Waals surface area contributed by atoms with Crippen molar-refractivity contribution >= 4 is 23.2 Å². The van der Waals surface area contributed by atoms with Gasteiger partial charge in [0.15, 0.2) is 11.7 Å². The molecule has 5 nitrogen and oxygen atoms in total. The highest BCUT2D eigenvalue weighted by Gasteiger charge is 2.08. The second-order valence-corrected chi connectivity index (χ2v) is 4.08. The van der Waals surface area contributed by atoms with E-state index in [0.717, 1.165) is 0 Å². The fourth-order valence-electron chi connectivity index (χ4n) is 1.92. The number of carbonyl (C=O) groups excluding carboxylic acids is 2. The van der Waals surface area contributed by atoms with Crippen LogP contribution in [0.3, 0.4) is 0 Å². The fraction of sp³-hybridized carbons (Fsp3) is 0.214. The van der Waals surface area contributed by atoms with Crippen molar-refractivity contribution in [2.75, 3.05) is 6.61 Å². The molecule has 0 aliphatic rings. The van der Waals surface area contributed by atoms with Crippen molar-refractivity contribution < 1.29 is 14.3 Å². The number of esters is 1. The van der Waals surface area contributed by atoms with E-state index >= 15 is 0 Å². The maximum Gasteiger partial charge on any atom is 0.302 e. The highest BCUT2D eigenvalue weighted by molar-refractivity contribution is 5.86. The van der Waals surface area contributed by atoms with E-state index in [-0.39, 0.29) is 23.6 Å². The van der Waals surface area contributed by atoms with E-state index in [1.54, 1.807) is 22.8 Å². The van der Waals surface area contributed by atoms with Gasteiger partial charge in [0.05, 0.1) is 17.6 Å². The van der Waals surface area contributed by atoms with Crippen molar-refractivity contribution in [3.8, 4) is 0 Å². The fourth-order valence-corrected chi connectivity index (χ4v) is 1.92. The van der Waals surface area contributed by atoms with E-state index < -0.39 is 0 Å². The van der Waals surface area contributed by atoms with Gasteiger partial charge in [-0.25, -0.2) is 0 Å². The van der Waals surface area contributed by atoms with Crippen molar-refractivity contribution in [3.05, 3.63) is 46.2 Å². The van der Waals surface area contributed by atoms with E-state index in [9.17, 15) is 14.4 Å². The monoisotopic (exact) mass is 259 g/mol. The van der Waals surface area contributed by atoms with Crippen molar-refractivity contribution in [3.63, 3.8) is 0 Å². The lowest BCUT2D eigenvalue weighted by molar-refractivity contribution is -0.141. The van der Waals surface area contributed by atoms with Gasteiger partial charge in [0.25, 0.3) is 0 Å². The predicted molar refractivity (Wildman–Crippen MR) is 70.2 cm³/mol. The number of carbonyl (C=O) groups is 2. The van der Waals surface area contributed by atoms with Crippen LogP contribution in [0.25, 0.3) is 10.9 Å². The Hall–Kier alpha value is -2.43. The minimum absolute atomic E-state index is 0.0986. The molecule has 1 aromatic heterocycles. The Morgan fingerprint density at radius 3 is 2.79 bits per heavy atom. The number of aromatic nitrogens is 1. The van der Waals surface area contributed by atoms with E-state index in [2.05, 4.69) is 0 Å². The van der Waals surface area contributed by atoms with Gasteiger partial charge >= 0.3 is 5.97 Å². The molecule has 0 unspecified atom stereocenters. The molecule has 1 heterocycles. The smallest absolute Gasteiger partial charge is 0.302 e. The third kappa shape index (κ3) is 2.70. The highest BCUT2D eigenvalue weighted by Crippen LogP contribution is 2.11. The van der Waals surface area contributed by atoms with E-state index in [1.807, 2.05) is 6.07 Å². The number of ether oxygens (including phenoxy) is 1. The normalized spacial score (nSPS) is 10.4. The molecule has 0 aliphatic heterocycles. The summed E-state index contributed by atoms with van der Waals surface area (Å²) >= 11 is 0. The van der Waals surface area contributed by atoms with Gasteiger partial charge in [-0.1, -0.05) is 12.1 Å². The molecule has 0 spiro atoms.